The normalized spacial score (nSPS) is 29.5. The van der Waals surface area contributed by atoms with Crippen LogP contribution < -0.4 is 15.1 Å². The van der Waals surface area contributed by atoms with Gasteiger partial charge in [-0.1, -0.05) is 6.92 Å². The zero-order chi connectivity index (χ0) is 19.0. The van der Waals surface area contributed by atoms with E-state index >= 15 is 0 Å². The highest BCUT2D eigenvalue weighted by Gasteiger charge is 2.53. The molecule has 1 saturated carbocycles. The van der Waals surface area contributed by atoms with E-state index in [1.165, 1.54) is 21.9 Å². The van der Waals surface area contributed by atoms with E-state index in [0.29, 0.717) is 12.6 Å². The van der Waals surface area contributed by atoms with Gasteiger partial charge in [0.25, 0.3) is 5.91 Å². The minimum absolute atomic E-state index is 0.0344. The quantitative estimate of drug-likeness (QED) is 0.775. The number of quaternary nitrogens is 1. The van der Waals surface area contributed by atoms with Crippen LogP contribution in [-0.4, -0.2) is 55.2 Å². The number of nitrogens with one attached hydrogen (secondary N) is 2. The monoisotopic (exact) mass is 375 g/mol. The molecule has 2 N–H and O–H groups in total. The van der Waals surface area contributed by atoms with Crippen molar-refractivity contribution in [2.45, 2.75) is 38.1 Å². The Hall–Kier alpha value is -2.15. The van der Waals surface area contributed by atoms with Crippen LogP contribution in [0, 0.1) is 11.7 Å². The Morgan fingerprint density at radius 1 is 1.15 bits per heavy atom. The van der Waals surface area contributed by atoms with Crippen LogP contribution >= 0.6 is 0 Å². The number of rotatable bonds is 3. The Balaban J connectivity index is 1.34. The molecule has 1 aromatic carbocycles. The molecule has 0 aromatic heterocycles. The summed E-state index contributed by atoms with van der Waals surface area (Å²) in [6.07, 6.45) is 3.48. The van der Waals surface area contributed by atoms with E-state index < -0.39 is 5.54 Å². The van der Waals surface area contributed by atoms with Gasteiger partial charge in [0, 0.05) is 5.69 Å². The molecule has 1 aliphatic carbocycles. The summed E-state index contributed by atoms with van der Waals surface area (Å²) >= 11 is 0. The zero-order valence-corrected chi connectivity index (χ0v) is 15.8. The lowest BCUT2D eigenvalue weighted by molar-refractivity contribution is -0.907. The molecule has 27 heavy (non-hydrogen) atoms. The van der Waals surface area contributed by atoms with Crippen LogP contribution in [0.4, 0.5) is 14.9 Å². The number of halogens is 1. The van der Waals surface area contributed by atoms with Gasteiger partial charge in [0.15, 0.2) is 6.67 Å². The number of hydrogen-bond donors (Lipinski definition) is 2. The summed E-state index contributed by atoms with van der Waals surface area (Å²) in [4.78, 5) is 30.3. The maximum Gasteiger partial charge on any atom is 0.329 e. The average molecular weight is 375 g/mol. The summed E-state index contributed by atoms with van der Waals surface area (Å²) < 4.78 is 13.1. The third-order valence-electron chi connectivity index (χ3n) is 6.42. The molecule has 6 nitrogen and oxygen atoms in total. The van der Waals surface area contributed by atoms with Crippen molar-refractivity contribution < 1.29 is 18.9 Å². The van der Waals surface area contributed by atoms with E-state index in [-0.39, 0.29) is 17.8 Å². The standard InChI is InChI=1S/C20H27FN4O2/c1-15-6-8-20(9-7-15)18(26)25(19(27)22-20)14-23-10-12-24(13-11-23)17-4-2-16(21)3-5-17/h2-5,15H,6-14H2,1H3,(H,22,27)/p+1. The number of nitrogens with zero attached hydrogens (tertiary/aromatic N) is 2. The van der Waals surface area contributed by atoms with Gasteiger partial charge in [0.05, 0.1) is 26.2 Å². The number of urea groups is 1. The van der Waals surface area contributed by atoms with Gasteiger partial charge < -0.3 is 15.1 Å². The first-order chi connectivity index (χ1) is 13.0. The van der Waals surface area contributed by atoms with Crippen molar-refractivity contribution >= 4 is 17.6 Å². The molecular formula is C20H28FN4O2+. The Labute approximate surface area is 159 Å². The van der Waals surface area contributed by atoms with Crippen LogP contribution in [-0.2, 0) is 4.79 Å². The number of imide groups is 1. The number of amides is 3. The first-order valence-corrected chi connectivity index (χ1v) is 9.95. The predicted molar refractivity (Wildman–Crippen MR) is 99.9 cm³/mol. The fourth-order valence-electron chi connectivity index (χ4n) is 4.53. The Kier molecular flexibility index (Phi) is 4.80. The third-order valence-corrected chi connectivity index (χ3v) is 6.42. The molecule has 2 aliphatic heterocycles. The lowest BCUT2D eigenvalue weighted by atomic mass is 9.77. The van der Waals surface area contributed by atoms with E-state index in [4.69, 9.17) is 0 Å². The topological polar surface area (TPSA) is 57.1 Å². The second-order valence-electron chi connectivity index (χ2n) is 8.30. The maximum absolute atomic E-state index is 13.1. The molecular weight excluding hydrogens is 347 g/mol. The molecule has 7 heteroatoms. The van der Waals surface area contributed by atoms with Gasteiger partial charge in [0.1, 0.15) is 11.4 Å². The number of anilines is 1. The van der Waals surface area contributed by atoms with Gasteiger partial charge in [-0.15, -0.1) is 0 Å². The molecule has 4 rings (SSSR count). The van der Waals surface area contributed by atoms with Gasteiger partial charge in [-0.2, -0.15) is 0 Å². The first kappa shape index (κ1) is 18.2. The minimum Gasteiger partial charge on any atom is -0.360 e. The van der Waals surface area contributed by atoms with Crippen molar-refractivity contribution in [2.75, 3.05) is 37.7 Å². The summed E-state index contributed by atoms with van der Waals surface area (Å²) in [6, 6.07) is 6.32. The molecule has 3 aliphatic rings. The Morgan fingerprint density at radius 2 is 1.78 bits per heavy atom. The molecule has 3 amide bonds. The van der Waals surface area contributed by atoms with Crippen molar-refractivity contribution in [3.05, 3.63) is 30.1 Å². The highest BCUT2D eigenvalue weighted by molar-refractivity contribution is 6.06. The predicted octanol–water partition coefficient (Wildman–Crippen LogP) is 0.989. The van der Waals surface area contributed by atoms with Crippen LogP contribution in [0.3, 0.4) is 0 Å². The summed E-state index contributed by atoms with van der Waals surface area (Å²) in [5.41, 5.74) is 0.361. The van der Waals surface area contributed by atoms with Crippen LogP contribution in [0.1, 0.15) is 32.6 Å². The fraction of sp³-hybridized carbons (Fsp3) is 0.600. The second-order valence-corrected chi connectivity index (χ2v) is 8.30. The fourth-order valence-corrected chi connectivity index (χ4v) is 4.53. The van der Waals surface area contributed by atoms with Crippen molar-refractivity contribution in [1.82, 2.24) is 10.2 Å². The molecule has 2 saturated heterocycles. The molecule has 3 fully saturated rings. The number of hydrogen-bond acceptors (Lipinski definition) is 3. The van der Waals surface area contributed by atoms with Crippen LogP contribution in [0.5, 0.6) is 0 Å². The molecule has 2 heterocycles. The smallest absolute Gasteiger partial charge is 0.329 e. The van der Waals surface area contributed by atoms with Crippen LogP contribution in [0.15, 0.2) is 24.3 Å². The lowest BCUT2D eigenvalue weighted by Crippen LogP contribution is -3.16. The average Bonchev–Trinajstić information content (AvgIpc) is 2.90. The van der Waals surface area contributed by atoms with Gasteiger partial charge in [-0.05, 0) is 55.9 Å². The molecule has 0 bridgehead atoms. The van der Waals surface area contributed by atoms with Gasteiger partial charge >= 0.3 is 6.03 Å². The number of benzene rings is 1. The Morgan fingerprint density at radius 3 is 2.41 bits per heavy atom. The highest BCUT2D eigenvalue weighted by atomic mass is 19.1. The third kappa shape index (κ3) is 3.52. The van der Waals surface area contributed by atoms with Crippen molar-refractivity contribution in [1.29, 1.82) is 0 Å². The molecule has 1 aromatic rings. The molecule has 146 valence electrons. The van der Waals surface area contributed by atoms with E-state index in [1.807, 2.05) is 0 Å². The largest absolute Gasteiger partial charge is 0.360 e. The summed E-state index contributed by atoms with van der Waals surface area (Å²) in [5, 5.41) is 3.00. The van der Waals surface area contributed by atoms with Gasteiger partial charge in [-0.3, -0.25) is 4.79 Å². The first-order valence-electron chi connectivity index (χ1n) is 9.95. The highest BCUT2D eigenvalue weighted by Crippen LogP contribution is 2.35. The van der Waals surface area contributed by atoms with E-state index in [9.17, 15) is 14.0 Å². The summed E-state index contributed by atoms with van der Waals surface area (Å²) in [6.45, 7) is 5.98. The van der Waals surface area contributed by atoms with E-state index in [1.54, 1.807) is 12.1 Å². The maximum atomic E-state index is 13.1. The number of carbonyl (C=O) groups is 2. The van der Waals surface area contributed by atoms with Crippen LogP contribution in [0.2, 0.25) is 0 Å². The van der Waals surface area contributed by atoms with Gasteiger partial charge in [-0.25, -0.2) is 14.1 Å². The minimum atomic E-state index is -0.654. The van der Waals surface area contributed by atoms with Crippen molar-refractivity contribution in [3.8, 4) is 0 Å². The number of carbonyl (C=O) groups excluding carboxylic acids is 2. The van der Waals surface area contributed by atoms with E-state index in [2.05, 4.69) is 17.1 Å². The molecule has 0 unspecified atom stereocenters. The van der Waals surface area contributed by atoms with E-state index in [0.717, 1.165) is 57.5 Å². The molecule has 0 atom stereocenters. The zero-order valence-electron chi connectivity index (χ0n) is 15.8. The summed E-state index contributed by atoms with van der Waals surface area (Å²) in [7, 11) is 0. The van der Waals surface area contributed by atoms with Gasteiger partial charge in [0.2, 0.25) is 0 Å². The van der Waals surface area contributed by atoms with Crippen molar-refractivity contribution in [3.63, 3.8) is 0 Å². The number of piperazine rings is 1. The Bertz CT molecular complexity index is 707. The van der Waals surface area contributed by atoms with Crippen LogP contribution in [0.25, 0.3) is 0 Å². The lowest BCUT2D eigenvalue weighted by Gasteiger charge is -2.35. The molecule has 0 radical (unpaired) electrons. The summed E-state index contributed by atoms with van der Waals surface area (Å²) in [5.74, 6) is 0.361. The SMILES string of the molecule is CC1CCC2(CC1)NC(=O)N(C[NH+]1CCN(c3ccc(F)cc3)CC1)C2=O. The second kappa shape index (κ2) is 7.11. The molecule has 1 spiro atoms. The van der Waals surface area contributed by atoms with Crippen molar-refractivity contribution in [2.24, 2.45) is 5.92 Å².